The Morgan fingerprint density at radius 2 is 2.00 bits per heavy atom. The highest BCUT2D eigenvalue weighted by molar-refractivity contribution is 5.76. The van der Waals surface area contributed by atoms with Gasteiger partial charge >= 0.3 is 12.0 Å². The second-order valence-electron chi connectivity index (χ2n) is 5.98. The van der Waals surface area contributed by atoms with E-state index < -0.39 is 11.5 Å². The summed E-state index contributed by atoms with van der Waals surface area (Å²) in [5, 5.41) is 14.8. The van der Waals surface area contributed by atoms with Crippen LogP contribution in [0, 0.1) is 5.92 Å². The molecule has 1 aliphatic carbocycles. The smallest absolute Gasteiger partial charge is 0.315 e. The average molecular weight is 284 g/mol. The Hall–Kier alpha value is -1.30. The maximum Gasteiger partial charge on any atom is 0.315 e. The van der Waals surface area contributed by atoms with Gasteiger partial charge in [0.1, 0.15) is 0 Å². The molecule has 0 aromatic carbocycles. The molecule has 0 aromatic rings. The van der Waals surface area contributed by atoms with Crippen LogP contribution in [0.5, 0.6) is 0 Å². The molecule has 0 bridgehead atoms. The first-order valence-electron chi connectivity index (χ1n) is 7.45. The number of rotatable bonds is 5. The molecular formula is C14H24N2O4. The van der Waals surface area contributed by atoms with Crippen molar-refractivity contribution in [1.29, 1.82) is 0 Å². The van der Waals surface area contributed by atoms with Crippen LogP contribution in [0.2, 0.25) is 0 Å². The van der Waals surface area contributed by atoms with Crippen LogP contribution < -0.4 is 10.6 Å². The maximum absolute atomic E-state index is 12.0. The first-order chi connectivity index (χ1) is 9.60. The van der Waals surface area contributed by atoms with Gasteiger partial charge in [-0.3, -0.25) is 4.79 Å². The van der Waals surface area contributed by atoms with Crippen molar-refractivity contribution < 1.29 is 19.4 Å². The summed E-state index contributed by atoms with van der Waals surface area (Å²) < 4.78 is 5.26. The lowest BCUT2D eigenvalue weighted by molar-refractivity contribution is -0.139. The second kappa shape index (κ2) is 6.92. The van der Waals surface area contributed by atoms with E-state index in [-0.39, 0.29) is 12.5 Å². The summed E-state index contributed by atoms with van der Waals surface area (Å²) in [6.07, 6.45) is 5.55. The van der Waals surface area contributed by atoms with Crippen molar-refractivity contribution in [3.8, 4) is 0 Å². The van der Waals surface area contributed by atoms with Crippen LogP contribution >= 0.6 is 0 Å². The summed E-state index contributed by atoms with van der Waals surface area (Å²) in [5.74, 6) is -0.473. The lowest BCUT2D eigenvalue weighted by atomic mass is 9.79. The summed E-state index contributed by atoms with van der Waals surface area (Å²) in [6.45, 7) is 2.05. The topological polar surface area (TPSA) is 87.7 Å². The van der Waals surface area contributed by atoms with Crippen molar-refractivity contribution in [2.45, 2.75) is 50.5 Å². The van der Waals surface area contributed by atoms with Crippen LogP contribution in [0.1, 0.15) is 44.9 Å². The van der Waals surface area contributed by atoms with Gasteiger partial charge in [-0.05, 0) is 19.3 Å². The Balaban J connectivity index is 1.82. The van der Waals surface area contributed by atoms with E-state index in [1.807, 2.05) is 0 Å². The molecule has 6 heteroatoms. The third kappa shape index (κ3) is 4.37. The average Bonchev–Trinajstić information content (AvgIpc) is 2.89. The second-order valence-corrected chi connectivity index (χ2v) is 5.98. The number of carboxylic acid groups (broad SMARTS) is 1. The summed E-state index contributed by atoms with van der Waals surface area (Å²) in [7, 11) is 0. The summed E-state index contributed by atoms with van der Waals surface area (Å²) >= 11 is 0. The molecule has 2 fully saturated rings. The lowest BCUT2D eigenvalue weighted by Crippen LogP contribution is -2.54. The predicted octanol–water partition coefficient (Wildman–Crippen LogP) is 1.50. The van der Waals surface area contributed by atoms with Gasteiger partial charge in [0, 0.05) is 19.1 Å². The number of hydrogen-bond donors (Lipinski definition) is 3. The van der Waals surface area contributed by atoms with Gasteiger partial charge in [0.2, 0.25) is 0 Å². The largest absolute Gasteiger partial charge is 0.481 e. The van der Waals surface area contributed by atoms with Crippen molar-refractivity contribution in [3.63, 3.8) is 0 Å². The molecule has 2 aliphatic rings. The Kier molecular flexibility index (Phi) is 5.23. The van der Waals surface area contributed by atoms with Gasteiger partial charge in [-0.2, -0.15) is 0 Å². The molecule has 1 atom stereocenters. The number of hydrogen-bond acceptors (Lipinski definition) is 3. The number of nitrogens with one attached hydrogen (secondary N) is 2. The number of carbonyl (C=O) groups excluding carboxylic acids is 1. The van der Waals surface area contributed by atoms with Gasteiger partial charge in [-0.1, -0.05) is 19.3 Å². The van der Waals surface area contributed by atoms with E-state index in [1.54, 1.807) is 0 Å². The van der Waals surface area contributed by atoms with Gasteiger partial charge < -0.3 is 20.5 Å². The molecule has 1 heterocycles. The van der Waals surface area contributed by atoms with Gasteiger partial charge in [-0.15, -0.1) is 0 Å². The van der Waals surface area contributed by atoms with E-state index in [1.165, 1.54) is 0 Å². The Labute approximate surface area is 119 Å². The molecule has 6 nitrogen and oxygen atoms in total. The SMILES string of the molecule is O=C(O)CC1(NC(=O)NCC2CCOC2)CCCCC1. The van der Waals surface area contributed by atoms with E-state index >= 15 is 0 Å². The minimum Gasteiger partial charge on any atom is -0.481 e. The fraction of sp³-hybridized carbons (Fsp3) is 0.857. The highest BCUT2D eigenvalue weighted by Crippen LogP contribution is 2.31. The molecular weight excluding hydrogens is 260 g/mol. The Morgan fingerprint density at radius 1 is 1.25 bits per heavy atom. The minimum absolute atomic E-state index is 0.00690. The number of amides is 2. The van der Waals surface area contributed by atoms with Gasteiger partial charge in [0.15, 0.2) is 0 Å². The quantitative estimate of drug-likeness (QED) is 0.714. The molecule has 0 spiro atoms. The molecule has 20 heavy (non-hydrogen) atoms. The molecule has 1 saturated heterocycles. The van der Waals surface area contributed by atoms with Crippen molar-refractivity contribution in [2.24, 2.45) is 5.92 Å². The highest BCUT2D eigenvalue weighted by Gasteiger charge is 2.35. The van der Waals surface area contributed by atoms with Crippen LogP contribution in [0.4, 0.5) is 4.79 Å². The van der Waals surface area contributed by atoms with Crippen molar-refractivity contribution in [1.82, 2.24) is 10.6 Å². The van der Waals surface area contributed by atoms with Gasteiger partial charge in [0.25, 0.3) is 0 Å². The van der Waals surface area contributed by atoms with Crippen LogP contribution in [0.25, 0.3) is 0 Å². The number of carbonyl (C=O) groups is 2. The van der Waals surface area contributed by atoms with E-state index in [4.69, 9.17) is 9.84 Å². The molecule has 2 amide bonds. The highest BCUT2D eigenvalue weighted by atomic mass is 16.5. The molecule has 0 aromatic heterocycles. The number of urea groups is 1. The predicted molar refractivity (Wildman–Crippen MR) is 73.5 cm³/mol. The fourth-order valence-corrected chi connectivity index (χ4v) is 3.13. The van der Waals surface area contributed by atoms with E-state index in [2.05, 4.69) is 10.6 Å². The number of aliphatic carboxylic acids is 1. The first kappa shape index (κ1) is 15.1. The van der Waals surface area contributed by atoms with Gasteiger partial charge in [-0.25, -0.2) is 4.79 Å². The lowest BCUT2D eigenvalue weighted by Gasteiger charge is -2.37. The van der Waals surface area contributed by atoms with E-state index in [9.17, 15) is 9.59 Å². The van der Waals surface area contributed by atoms with Crippen LogP contribution in [-0.4, -0.2) is 42.4 Å². The summed E-state index contributed by atoms with van der Waals surface area (Å²) in [4.78, 5) is 23.0. The first-order valence-corrected chi connectivity index (χ1v) is 7.45. The van der Waals surface area contributed by atoms with Crippen molar-refractivity contribution in [2.75, 3.05) is 19.8 Å². The molecule has 1 unspecified atom stereocenters. The maximum atomic E-state index is 12.0. The van der Waals surface area contributed by atoms with E-state index in [0.717, 1.165) is 45.1 Å². The Bertz CT molecular complexity index is 347. The normalized spacial score (nSPS) is 25.1. The number of carboxylic acids is 1. The summed E-state index contributed by atoms with van der Waals surface area (Å²) in [6, 6.07) is -0.250. The van der Waals surface area contributed by atoms with Crippen molar-refractivity contribution in [3.05, 3.63) is 0 Å². The van der Waals surface area contributed by atoms with Crippen LogP contribution in [-0.2, 0) is 9.53 Å². The van der Waals surface area contributed by atoms with Crippen LogP contribution in [0.3, 0.4) is 0 Å². The van der Waals surface area contributed by atoms with Crippen LogP contribution in [0.15, 0.2) is 0 Å². The molecule has 2 rings (SSSR count). The number of ether oxygens (including phenoxy) is 1. The third-order valence-electron chi connectivity index (χ3n) is 4.25. The Morgan fingerprint density at radius 3 is 2.60 bits per heavy atom. The van der Waals surface area contributed by atoms with Gasteiger partial charge in [0.05, 0.1) is 18.6 Å². The monoisotopic (exact) mass is 284 g/mol. The zero-order chi connectivity index (χ0) is 14.4. The molecule has 1 aliphatic heterocycles. The van der Waals surface area contributed by atoms with Crippen molar-refractivity contribution >= 4 is 12.0 Å². The zero-order valence-corrected chi connectivity index (χ0v) is 11.8. The molecule has 0 radical (unpaired) electrons. The standard InChI is InChI=1S/C14H24N2O4/c17-12(18)8-14(5-2-1-3-6-14)16-13(19)15-9-11-4-7-20-10-11/h11H,1-10H2,(H,17,18)(H2,15,16,19). The summed E-state index contributed by atoms with van der Waals surface area (Å²) in [5.41, 5.74) is -0.569. The fourth-order valence-electron chi connectivity index (χ4n) is 3.13. The third-order valence-corrected chi connectivity index (χ3v) is 4.25. The molecule has 3 N–H and O–H groups in total. The zero-order valence-electron chi connectivity index (χ0n) is 11.8. The van der Waals surface area contributed by atoms with E-state index in [0.29, 0.717) is 19.1 Å². The molecule has 114 valence electrons. The minimum atomic E-state index is -0.851. The molecule has 1 saturated carbocycles.